The van der Waals surface area contributed by atoms with Crippen molar-refractivity contribution in [3.8, 4) is 11.1 Å². The molecule has 5 rings (SSSR count). The summed E-state index contributed by atoms with van der Waals surface area (Å²) in [7, 11) is 0. The van der Waals surface area contributed by atoms with Crippen molar-refractivity contribution in [2.75, 3.05) is 0 Å². The average molecular weight is 381 g/mol. The summed E-state index contributed by atoms with van der Waals surface area (Å²) >= 11 is 0. The molecule has 0 spiro atoms. The van der Waals surface area contributed by atoms with Gasteiger partial charge in [0.2, 0.25) is 5.91 Å². The van der Waals surface area contributed by atoms with Crippen molar-refractivity contribution < 1.29 is 9.59 Å². The van der Waals surface area contributed by atoms with E-state index in [9.17, 15) is 9.59 Å². The summed E-state index contributed by atoms with van der Waals surface area (Å²) in [6.07, 6.45) is 2.01. The number of urea groups is 1. The van der Waals surface area contributed by atoms with Crippen LogP contribution in [0.15, 0.2) is 79.0 Å². The van der Waals surface area contributed by atoms with Crippen molar-refractivity contribution >= 4 is 22.8 Å². The van der Waals surface area contributed by atoms with Gasteiger partial charge in [-0.1, -0.05) is 66.7 Å². The number of carbonyl (C=O) groups excluding carboxylic acids is 2. The molecule has 2 heterocycles. The van der Waals surface area contributed by atoms with Gasteiger partial charge in [0, 0.05) is 22.7 Å². The molecule has 0 radical (unpaired) electrons. The predicted octanol–water partition coefficient (Wildman–Crippen LogP) is 4.39. The summed E-state index contributed by atoms with van der Waals surface area (Å²) < 4.78 is 0. The van der Waals surface area contributed by atoms with Crippen molar-refractivity contribution in [2.45, 2.75) is 12.5 Å². The second-order valence-corrected chi connectivity index (χ2v) is 7.25. The molecule has 4 aromatic rings. The number of rotatable bonds is 2. The van der Waals surface area contributed by atoms with Crippen LogP contribution in [0.1, 0.15) is 22.7 Å². The Labute approximate surface area is 167 Å². The number of benzene rings is 3. The van der Waals surface area contributed by atoms with E-state index < -0.39 is 12.1 Å². The maximum Gasteiger partial charge on any atom is 0.322 e. The largest absolute Gasteiger partial charge is 0.361 e. The monoisotopic (exact) mass is 381 g/mol. The molecule has 0 aliphatic carbocycles. The number of nitrogens with one attached hydrogen (secondary N) is 1. The second-order valence-electron chi connectivity index (χ2n) is 7.25. The van der Waals surface area contributed by atoms with Gasteiger partial charge in [-0.2, -0.15) is 0 Å². The van der Waals surface area contributed by atoms with Crippen LogP contribution in [0.4, 0.5) is 4.79 Å². The Kier molecular flexibility index (Phi) is 3.95. The second kappa shape index (κ2) is 6.63. The van der Waals surface area contributed by atoms with E-state index in [0.29, 0.717) is 0 Å². The summed E-state index contributed by atoms with van der Waals surface area (Å²) in [4.78, 5) is 29.5. The van der Waals surface area contributed by atoms with E-state index in [4.69, 9.17) is 5.73 Å². The highest BCUT2D eigenvalue weighted by atomic mass is 16.2. The van der Waals surface area contributed by atoms with Crippen LogP contribution in [-0.2, 0) is 11.2 Å². The molecule has 142 valence electrons. The Morgan fingerprint density at radius 3 is 2.48 bits per heavy atom. The number of carbonyl (C=O) groups is 2. The maximum absolute atomic E-state index is 12.9. The summed E-state index contributed by atoms with van der Waals surface area (Å²) in [5.74, 6) is -0.287. The number of H-pyrrole nitrogens is 1. The normalized spacial score (nSPS) is 16.1. The van der Waals surface area contributed by atoms with Crippen LogP contribution in [-0.4, -0.2) is 21.8 Å². The Balaban J connectivity index is 1.70. The van der Waals surface area contributed by atoms with Crippen LogP contribution in [0, 0.1) is 0 Å². The fourth-order valence-electron chi connectivity index (χ4n) is 4.24. The molecule has 29 heavy (non-hydrogen) atoms. The van der Waals surface area contributed by atoms with Crippen LogP contribution < -0.4 is 5.73 Å². The highest BCUT2D eigenvalue weighted by molar-refractivity contribution is 5.98. The number of hydrogen-bond acceptors (Lipinski definition) is 2. The number of hydrogen-bond donors (Lipinski definition) is 2. The molecule has 1 atom stereocenters. The third-order valence-corrected chi connectivity index (χ3v) is 5.57. The molecule has 3 amide bonds. The molecular formula is C24H19N3O2. The summed E-state index contributed by atoms with van der Waals surface area (Å²) in [6, 6.07) is 22.7. The molecule has 0 fully saturated rings. The van der Waals surface area contributed by atoms with Gasteiger partial charge in [0.1, 0.15) is 0 Å². The smallest absolute Gasteiger partial charge is 0.322 e. The van der Waals surface area contributed by atoms with Crippen molar-refractivity contribution in [1.29, 1.82) is 0 Å². The van der Waals surface area contributed by atoms with Crippen LogP contribution in [0.2, 0.25) is 0 Å². The number of nitrogens with two attached hydrogens (primary N) is 1. The number of para-hydroxylation sites is 1. The van der Waals surface area contributed by atoms with Crippen LogP contribution in [0.3, 0.4) is 0 Å². The summed E-state index contributed by atoms with van der Waals surface area (Å²) in [6.45, 7) is 0. The van der Waals surface area contributed by atoms with Gasteiger partial charge in [0.05, 0.1) is 12.5 Å². The number of imide groups is 1. The third-order valence-electron chi connectivity index (χ3n) is 5.57. The molecule has 1 aromatic heterocycles. The van der Waals surface area contributed by atoms with E-state index in [1.165, 1.54) is 4.90 Å². The van der Waals surface area contributed by atoms with E-state index in [1.54, 1.807) is 0 Å². The van der Waals surface area contributed by atoms with Crippen LogP contribution in [0.25, 0.3) is 22.0 Å². The first kappa shape index (κ1) is 17.3. The lowest BCUT2D eigenvalue weighted by atomic mass is 9.86. The molecule has 0 saturated carbocycles. The van der Waals surface area contributed by atoms with Gasteiger partial charge < -0.3 is 10.7 Å². The minimum Gasteiger partial charge on any atom is -0.361 e. The number of aromatic nitrogens is 1. The first-order valence-corrected chi connectivity index (χ1v) is 9.49. The minimum absolute atomic E-state index is 0.151. The lowest BCUT2D eigenvalue weighted by molar-refractivity contribution is -0.129. The Morgan fingerprint density at radius 1 is 0.931 bits per heavy atom. The zero-order valence-electron chi connectivity index (χ0n) is 15.6. The van der Waals surface area contributed by atoms with Crippen LogP contribution in [0.5, 0.6) is 0 Å². The first-order valence-electron chi connectivity index (χ1n) is 9.49. The van der Waals surface area contributed by atoms with Crippen LogP contribution >= 0.6 is 0 Å². The molecule has 1 unspecified atom stereocenters. The first-order chi connectivity index (χ1) is 14.1. The number of aromatic amines is 1. The third kappa shape index (κ3) is 2.79. The average Bonchev–Trinajstić information content (AvgIpc) is 3.16. The van der Waals surface area contributed by atoms with Gasteiger partial charge in [-0.3, -0.25) is 9.69 Å². The lowest BCUT2D eigenvalue weighted by Crippen LogP contribution is -2.47. The SMILES string of the molecule is NC(=O)N1C(=O)Cc2cc(-c3ccccc3)ccc2C1c1c[nH]c2ccccc12. The standard InChI is InChI=1S/C24H19N3O2/c25-24(29)27-22(28)13-17-12-16(15-6-2-1-3-7-15)10-11-18(17)23(27)20-14-26-21-9-5-4-8-19(20)21/h1-12,14,23,26H,13H2,(H2,25,29). The fraction of sp³-hybridized carbons (Fsp3) is 0.0833. The van der Waals surface area contributed by atoms with Crippen molar-refractivity contribution in [3.05, 3.63) is 95.7 Å². The summed E-state index contributed by atoms with van der Waals surface area (Å²) in [5.41, 5.74) is 11.4. The molecule has 0 saturated heterocycles. The Morgan fingerprint density at radius 2 is 1.69 bits per heavy atom. The van der Waals surface area contributed by atoms with Gasteiger partial charge in [-0.15, -0.1) is 0 Å². The van der Waals surface area contributed by atoms with Gasteiger partial charge in [0.15, 0.2) is 0 Å². The molecular weight excluding hydrogens is 362 g/mol. The number of primary amides is 1. The van der Waals surface area contributed by atoms with E-state index in [2.05, 4.69) is 4.98 Å². The quantitative estimate of drug-likeness (QED) is 0.540. The van der Waals surface area contributed by atoms with Gasteiger partial charge >= 0.3 is 6.03 Å². The zero-order valence-corrected chi connectivity index (χ0v) is 15.6. The minimum atomic E-state index is -0.733. The molecule has 0 bridgehead atoms. The van der Waals surface area contributed by atoms with Gasteiger partial charge in [-0.25, -0.2) is 4.79 Å². The molecule has 5 heteroatoms. The predicted molar refractivity (Wildman–Crippen MR) is 112 cm³/mol. The fourth-order valence-corrected chi connectivity index (χ4v) is 4.24. The number of fused-ring (bicyclic) bond motifs is 2. The molecule has 1 aliphatic rings. The van der Waals surface area contributed by atoms with E-state index in [1.807, 2.05) is 79.0 Å². The maximum atomic E-state index is 12.9. The zero-order chi connectivity index (χ0) is 20.0. The highest BCUT2D eigenvalue weighted by Crippen LogP contribution is 2.40. The Hall–Kier alpha value is -3.86. The van der Waals surface area contributed by atoms with E-state index in [-0.39, 0.29) is 12.3 Å². The van der Waals surface area contributed by atoms with E-state index in [0.717, 1.165) is 38.7 Å². The van der Waals surface area contributed by atoms with Gasteiger partial charge in [-0.05, 0) is 28.3 Å². The van der Waals surface area contributed by atoms with Crippen molar-refractivity contribution in [3.63, 3.8) is 0 Å². The van der Waals surface area contributed by atoms with Crippen molar-refractivity contribution in [1.82, 2.24) is 9.88 Å². The molecule has 5 nitrogen and oxygen atoms in total. The summed E-state index contributed by atoms with van der Waals surface area (Å²) in [5, 5.41) is 0.969. The van der Waals surface area contributed by atoms with Crippen molar-refractivity contribution in [2.24, 2.45) is 5.73 Å². The molecule has 1 aliphatic heterocycles. The number of amides is 3. The Bertz CT molecular complexity index is 1240. The number of nitrogens with zero attached hydrogens (tertiary/aromatic N) is 1. The molecule has 3 aromatic carbocycles. The topological polar surface area (TPSA) is 79.2 Å². The van der Waals surface area contributed by atoms with Gasteiger partial charge in [0.25, 0.3) is 0 Å². The van der Waals surface area contributed by atoms with E-state index >= 15 is 0 Å². The highest BCUT2D eigenvalue weighted by Gasteiger charge is 2.38. The lowest BCUT2D eigenvalue weighted by Gasteiger charge is -2.35. The molecule has 3 N–H and O–H groups in total.